The number of aromatic amines is 2. The summed E-state index contributed by atoms with van der Waals surface area (Å²) in [5.74, 6) is 0.488. The van der Waals surface area contributed by atoms with Crippen LogP contribution in [0.15, 0.2) is 61.1 Å². The van der Waals surface area contributed by atoms with Crippen LogP contribution in [0.4, 0.5) is 10.1 Å². The van der Waals surface area contributed by atoms with E-state index in [0.29, 0.717) is 29.3 Å². The third-order valence-corrected chi connectivity index (χ3v) is 6.60. The molecule has 0 spiro atoms. The van der Waals surface area contributed by atoms with Crippen LogP contribution in [0.3, 0.4) is 0 Å². The lowest BCUT2D eigenvalue weighted by atomic mass is 10.0. The molecule has 6 rings (SSSR count). The lowest BCUT2D eigenvalue weighted by Gasteiger charge is -2.06. The molecule has 0 bridgehead atoms. The van der Waals surface area contributed by atoms with Gasteiger partial charge in [-0.2, -0.15) is 9.49 Å². The number of H-pyrrole nitrogens is 2. The van der Waals surface area contributed by atoms with Gasteiger partial charge in [0.1, 0.15) is 5.69 Å². The van der Waals surface area contributed by atoms with Crippen LogP contribution >= 0.6 is 11.3 Å². The summed E-state index contributed by atoms with van der Waals surface area (Å²) in [4.78, 5) is 29.2. The maximum Gasteiger partial charge on any atom is 0.224 e. The number of imidazole rings is 1. The third kappa shape index (κ3) is 3.83. The van der Waals surface area contributed by atoms with E-state index in [9.17, 15) is 9.18 Å². The van der Waals surface area contributed by atoms with Gasteiger partial charge in [-0.3, -0.25) is 14.9 Å². The first-order chi connectivity index (χ1) is 17.1. The van der Waals surface area contributed by atoms with Crippen LogP contribution in [-0.4, -0.2) is 36.0 Å². The van der Waals surface area contributed by atoms with E-state index in [1.165, 1.54) is 6.07 Å². The first-order valence-corrected chi connectivity index (χ1v) is 11.7. The lowest BCUT2D eigenvalue weighted by molar-refractivity contribution is -0.115. The number of carbonyl (C=O) groups is 1. The number of nitrogens with zero attached hydrogens (tertiary/aromatic N) is 4. The second kappa shape index (κ2) is 8.41. The molecule has 0 unspecified atom stereocenters. The third-order valence-electron chi connectivity index (χ3n) is 5.69. The summed E-state index contributed by atoms with van der Waals surface area (Å²) in [5, 5.41) is 11.0. The average molecular weight is 484 g/mol. The minimum Gasteiger partial charge on any atom is -0.335 e. The molecular formula is C25H18FN7OS. The molecule has 0 saturated carbocycles. The van der Waals surface area contributed by atoms with Crippen molar-refractivity contribution in [3.8, 4) is 33.1 Å². The van der Waals surface area contributed by atoms with Crippen LogP contribution in [0, 0.1) is 5.13 Å². The zero-order valence-electron chi connectivity index (χ0n) is 18.5. The van der Waals surface area contributed by atoms with Gasteiger partial charge < -0.3 is 10.3 Å². The molecule has 3 N–H and O–H groups in total. The first-order valence-electron chi connectivity index (χ1n) is 10.9. The number of rotatable bonds is 5. The van der Waals surface area contributed by atoms with Gasteiger partial charge >= 0.3 is 0 Å². The highest BCUT2D eigenvalue weighted by atomic mass is 32.1. The smallest absolute Gasteiger partial charge is 0.224 e. The molecule has 0 aliphatic heterocycles. The van der Waals surface area contributed by atoms with Crippen LogP contribution in [-0.2, 0) is 4.79 Å². The van der Waals surface area contributed by atoms with E-state index >= 15 is 0 Å². The van der Waals surface area contributed by atoms with Gasteiger partial charge in [-0.25, -0.2) is 9.97 Å². The molecule has 5 heterocycles. The van der Waals surface area contributed by atoms with Crippen molar-refractivity contribution < 1.29 is 9.18 Å². The molecule has 0 fully saturated rings. The Morgan fingerprint density at radius 2 is 2.03 bits per heavy atom. The van der Waals surface area contributed by atoms with Crippen LogP contribution in [0.25, 0.3) is 55.2 Å². The van der Waals surface area contributed by atoms with Gasteiger partial charge in [0.05, 0.1) is 22.9 Å². The molecular weight excluding hydrogens is 465 g/mol. The molecule has 8 nitrogen and oxygen atoms in total. The Labute approximate surface area is 202 Å². The number of hydrogen-bond donors (Lipinski definition) is 3. The summed E-state index contributed by atoms with van der Waals surface area (Å²) in [6.07, 6.45) is 5.43. The van der Waals surface area contributed by atoms with E-state index in [4.69, 9.17) is 0 Å². The standard InChI is InChI=1S/C25H18FN7OS/c1-2-21(34)29-15-9-14(11-27-12-15)13-3-4-18-17(10-13)23(33-32-18)25-30-22-16(7-8-28-24(22)31-25)19-5-6-20(26)35-19/h3-12H,2H2,1H3,(H,29,34)(H,32,33)(H,28,30,31). The number of halogens is 1. The molecule has 0 aliphatic rings. The van der Waals surface area contributed by atoms with Crippen molar-refractivity contribution >= 4 is 45.0 Å². The highest BCUT2D eigenvalue weighted by Crippen LogP contribution is 2.34. The molecule has 6 aromatic rings. The van der Waals surface area contributed by atoms with Gasteiger partial charge in [0, 0.05) is 40.2 Å². The van der Waals surface area contributed by atoms with E-state index in [-0.39, 0.29) is 11.0 Å². The predicted octanol–water partition coefficient (Wildman–Crippen LogP) is 5.78. The van der Waals surface area contributed by atoms with Gasteiger partial charge in [-0.15, -0.1) is 11.3 Å². The lowest BCUT2D eigenvalue weighted by Crippen LogP contribution is -2.09. The van der Waals surface area contributed by atoms with Crippen molar-refractivity contribution in [2.24, 2.45) is 0 Å². The Balaban J connectivity index is 1.43. The summed E-state index contributed by atoms with van der Waals surface area (Å²) in [7, 11) is 0. The number of thiophene rings is 1. The molecule has 10 heteroatoms. The number of anilines is 1. The van der Waals surface area contributed by atoms with E-state index in [1.807, 2.05) is 30.3 Å². The number of nitrogens with one attached hydrogen (secondary N) is 3. The first kappa shape index (κ1) is 21.1. The van der Waals surface area contributed by atoms with Gasteiger partial charge in [-0.1, -0.05) is 13.0 Å². The van der Waals surface area contributed by atoms with Gasteiger partial charge in [-0.05, 0) is 42.0 Å². The number of pyridine rings is 2. The molecule has 0 aliphatic carbocycles. The second-order valence-electron chi connectivity index (χ2n) is 7.94. The summed E-state index contributed by atoms with van der Waals surface area (Å²) in [6, 6.07) is 12.8. The zero-order valence-corrected chi connectivity index (χ0v) is 19.3. The van der Waals surface area contributed by atoms with Gasteiger partial charge in [0.15, 0.2) is 16.6 Å². The molecule has 0 radical (unpaired) electrons. The number of aromatic nitrogens is 6. The van der Waals surface area contributed by atoms with Crippen molar-refractivity contribution in [3.63, 3.8) is 0 Å². The molecule has 1 amide bonds. The number of hydrogen-bond acceptors (Lipinski definition) is 6. The molecule has 0 atom stereocenters. The monoisotopic (exact) mass is 483 g/mol. The van der Waals surface area contributed by atoms with Crippen LogP contribution < -0.4 is 5.32 Å². The Morgan fingerprint density at radius 3 is 2.86 bits per heavy atom. The van der Waals surface area contributed by atoms with Crippen LogP contribution in [0.2, 0.25) is 0 Å². The van der Waals surface area contributed by atoms with Crippen molar-refractivity contribution in [1.82, 2.24) is 30.1 Å². The molecule has 35 heavy (non-hydrogen) atoms. The summed E-state index contributed by atoms with van der Waals surface area (Å²) >= 11 is 1.07. The Morgan fingerprint density at radius 1 is 1.11 bits per heavy atom. The second-order valence-corrected chi connectivity index (χ2v) is 8.98. The van der Waals surface area contributed by atoms with Gasteiger partial charge in [0.2, 0.25) is 5.91 Å². The fourth-order valence-corrected chi connectivity index (χ4v) is 4.74. The van der Waals surface area contributed by atoms with E-state index in [2.05, 4.69) is 35.5 Å². The van der Waals surface area contributed by atoms with Gasteiger partial charge in [0.25, 0.3) is 0 Å². The molecule has 1 aromatic carbocycles. The number of benzene rings is 1. The van der Waals surface area contributed by atoms with Crippen molar-refractivity contribution in [1.29, 1.82) is 0 Å². The van der Waals surface area contributed by atoms with E-state index in [1.54, 1.807) is 31.6 Å². The molecule has 172 valence electrons. The van der Waals surface area contributed by atoms with Crippen molar-refractivity contribution in [3.05, 3.63) is 66.2 Å². The highest BCUT2D eigenvalue weighted by molar-refractivity contribution is 7.14. The Bertz CT molecular complexity index is 1720. The summed E-state index contributed by atoms with van der Waals surface area (Å²) in [6.45, 7) is 1.80. The van der Waals surface area contributed by atoms with Crippen LogP contribution in [0.5, 0.6) is 0 Å². The molecule has 5 aromatic heterocycles. The van der Waals surface area contributed by atoms with Crippen molar-refractivity contribution in [2.75, 3.05) is 5.32 Å². The largest absolute Gasteiger partial charge is 0.335 e. The number of carbonyl (C=O) groups excluding carboxylic acids is 1. The Kier molecular flexibility index (Phi) is 5.07. The van der Waals surface area contributed by atoms with Crippen molar-refractivity contribution in [2.45, 2.75) is 13.3 Å². The fraction of sp³-hybridized carbons (Fsp3) is 0.0800. The summed E-state index contributed by atoms with van der Waals surface area (Å²) < 4.78 is 13.6. The predicted molar refractivity (Wildman–Crippen MR) is 134 cm³/mol. The van der Waals surface area contributed by atoms with E-state index in [0.717, 1.165) is 49.3 Å². The number of amides is 1. The number of fused-ring (bicyclic) bond motifs is 2. The maximum absolute atomic E-state index is 13.6. The normalized spacial score (nSPS) is 11.4. The quantitative estimate of drug-likeness (QED) is 0.288. The minimum absolute atomic E-state index is 0.0697. The fourth-order valence-electron chi connectivity index (χ4n) is 3.98. The Hall–Kier alpha value is -4.44. The molecule has 0 saturated heterocycles. The topological polar surface area (TPSA) is 112 Å². The van der Waals surface area contributed by atoms with Crippen LogP contribution in [0.1, 0.15) is 13.3 Å². The highest BCUT2D eigenvalue weighted by Gasteiger charge is 2.17. The zero-order chi connectivity index (χ0) is 23.9. The average Bonchev–Trinajstić information content (AvgIpc) is 3.61. The summed E-state index contributed by atoms with van der Waals surface area (Å²) in [5.41, 5.74) is 6.00. The maximum atomic E-state index is 13.6. The minimum atomic E-state index is -0.247. The SMILES string of the molecule is CCC(=O)Nc1cncc(-c2ccc3[nH]nc(-c4nc5nccc(-c6ccc(F)s6)c5[nH]4)c3c2)c1. The van der Waals surface area contributed by atoms with E-state index < -0.39 is 0 Å².